The van der Waals surface area contributed by atoms with Gasteiger partial charge in [-0.3, -0.25) is 14.4 Å². The molecule has 0 spiro atoms. The summed E-state index contributed by atoms with van der Waals surface area (Å²) in [4.78, 5) is 38.8. The Kier molecular flexibility index (Phi) is 6.95. The highest BCUT2D eigenvalue weighted by Gasteiger charge is 2.37. The van der Waals surface area contributed by atoms with Gasteiger partial charge in [-0.05, 0) is 50.8 Å². The lowest BCUT2D eigenvalue weighted by atomic mass is 9.76. The van der Waals surface area contributed by atoms with Crippen molar-refractivity contribution in [2.75, 3.05) is 10.6 Å². The zero-order valence-electron chi connectivity index (χ0n) is 18.2. The minimum absolute atomic E-state index is 0.188. The molecule has 2 atom stereocenters. The fourth-order valence-electron chi connectivity index (χ4n) is 3.71. The first-order valence-electron chi connectivity index (χ1n) is 10.4. The third kappa shape index (κ3) is 5.22. The number of aliphatic carboxylic acids is 1. The van der Waals surface area contributed by atoms with Crippen molar-refractivity contribution < 1.29 is 19.5 Å². The average molecular weight is 441 g/mol. The largest absolute Gasteiger partial charge is 0.481 e. The third-order valence-corrected chi connectivity index (χ3v) is 7.10. The number of hydrogen-bond donors (Lipinski definition) is 3. The minimum Gasteiger partial charge on any atom is -0.481 e. The molecule has 0 aliphatic heterocycles. The van der Waals surface area contributed by atoms with E-state index < -0.39 is 17.8 Å². The van der Waals surface area contributed by atoms with E-state index >= 15 is 0 Å². The Bertz CT molecular complexity index is 1020. The van der Waals surface area contributed by atoms with E-state index in [9.17, 15) is 19.5 Å². The normalized spacial score (nSPS) is 18.7. The molecule has 0 radical (unpaired) electrons. The molecule has 7 heteroatoms. The summed E-state index contributed by atoms with van der Waals surface area (Å²) in [5, 5.41) is 15.8. The summed E-state index contributed by atoms with van der Waals surface area (Å²) in [6.45, 7) is 7.90. The van der Waals surface area contributed by atoms with E-state index in [4.69, 9.17) is 0 Å². The van der Waals surface area contributed by atoms with Gasteiger partial charge in [0.2, 0.25) is 5.91 Å². The van der Waals surface area contributed by atoms with Crippen LogP contribution in [0.15, 0.2) is 47.5 Å². The van der Waals surface area contributed by atoms with Crippen LogP contribution in [0.3, 0.4) is 0 Å². The molecule has 0 unspecified atom stereocenters. The van der Waals surface area contributed by atoms with E-state index in [0.29, 0.717) is 29.1 Å². The second-order valence-corrected chi connectivity index (χ2v) is 9.46. The van der Waals surface area contributed by atoms with Gasteiger partial charge in [-0.2, -0.15) is 0 Å². The Balaban J connectivity index is 1.87. The van der Waals surface area contributed by atoms with E-state index in [1.807, 2.05) is 45.9 Å². The lowest BCUT2D eigenvalue weighted by Gasteiger charge is -2.29. The van der Waals surface area contributed by atoms with Gasteiger partial charge in [0.05, 0.1) is 17.4 Å². The van der Waals surface area contributed by atoms with Gasteiger partial charge < -0.3 is 15.7 Å². The Labute approximate surface area is 186 Å². The van der Waals surface area contributed by atoms with Crippen LogP contribution in [0.5, 0.6) is 0 Å². The van der Waals surface area contributed by atoms with Crippen molar-refractivity contribution in [1.29, 1.82) is 0 Å². The SMILES string of the molecule is CC1=C(C)C[C@@H](C(=O)Nc2sc(C(C)C)cc2C(=O)Nc2ccccc2)[C@H](C(=O)O)C1. The average Bonchev–Trinajstić information content (AvgIpc) is 3.14. The molecule has 0 fully saturated rings. The van der Waals surface area contributed by atoms with E-state index in [1.54, 1.807) is 18.2 Å². The predicted octanol–water partition coefficient (Wildman–Crippen LogP) is 5.51. The standard InChI is InChI=1S/C24H28N2O4S/c1-13(2)20-12-19(22(28)25-16-8-6-5-7-9-16)23(31-20)26-21(27)17-10-14(3)15(4)11-18(17)24(29)30/h5-9,12-13,17-18H,10-11H2,1-4H3,(H,25,28)(H,26,27)(H,29,30)/t17-,18-/m1/s1. The van der Waals surface area contributed by atoms with Crippen LogP contribution >= 0.6 is 11.3 Å². The first kappa shape index (κ1) is 22.7. The van der Waals surface area contributed by atoms with Crippen molar-refractivity contribution in [2.45, 2.75) is 46.5 Å². The van der Waals surface area contributed by atoms with Crippen LogP contribution < -0.4 is 10.6 Å². The van der Waals surface area contributed by atoms with Crippen molar-refractivity contribution in [3.05, 3.63) is 58.0 Å². The van der Waals surface area contributed by atoms with Crippen LogP contribution in [0.1, 0.15) is 61.7 Å². The second kappa shape index (κ2) is 9.47. The number of carboxylic acids is 1. The number of nitrogens with one attached hydrogen (secondary N) is 2. The van der Waals surface area contributed by atoms with Gasteiger partial charge in [0, 0.05) is 10.6 Å². The fraction of sp³-hybridized carbons (Fsp3) is 0.375. The fourth-order valence-corrected chi connectivity index (χ4v) is 4.77. The van der Waals surface area contributed by atoms with Crippen LogP contribution in [0.2, 0.25) is 0 Å². The highest BCUT2D eigenvalue weighted by Crippen LogP contribution is 2.37. The van der Waals surface area contributed by atoms with Crippen molar-refractivity contribution in [3.63, 3.8) is 0 Å². The molecule has 3 N–H and O–H groups in total. The maximum absolute atomic E-state index is 13.1. The first-order chi connectivity index (χ1) is 14.7. The van der Waals surface area contributed by atoms with Gasteiger partial charge >= 0.3 is 5.97 Å². The van der Waals surface area contributed by atoms with Crippen LogP contribution in [-0.4, -0.2) is 22.9 Å². The monoisotopic (exact) mass is 440 g/mol. The molecule has 1 heterocycles. The molecule has 0 saturated carbocycles. The molecule has 0 saturated heterocycles. The Hall–Kier alpha value is -2.93. The topological polar surface area (TPSA) is 95.5 Å². The number of benzene rings is 1. The molecule has 31 heavy (non-hydrogen) atoms. The molecule has 1 aliphatic carbocycles. The third-order valence-electron chi connectivity index (χ3n) is 5.75. The van der Waals surface area contributed by atoms with Crippen molar-refractivity contribution in [2.24, 2.45) is 11.8 Å². The molecule has 6 nitrogen and oxygen atoms in total. The number of allylic oxidation sites excluding steroid dienone is 2. The number of carbonyl (C=O) groups is 3. The number of amides is 2. The highest BCUT2D eigenvalue weighted by molar-refractivity contribution is 7.16. The number of carbonyl (C=O) groups excluding carboxylic acids is 2. The lowest BCUT2D eigenvalue weighted by molar-refractivity contribution is -0.146. The summed E-state index contributed by atoms with van der Waals surface area (Å²) in [6, 6.07) is 10.9. The van der Waals surface area contributed by atoms with E-state index in [0.717, 1.165) is 16.0 Å². The van der Waals surface area contributed by atoms with Gasteiger partial charge in [-0.1, -0.05) is 43.2 Å². The molecule has 3 rings (SSSR count). The number of carboxylic acid groups (broad SMARTS) is 1. The molecule has 164 valence electrons. The molecular formula is C24H28N2O4S. The van der Waals surface area contributed by atoms with Crippen molar-refractivity contribution in [3.8, 4) is 0 Å². The molecule has 1 aromatic heterocycles. The number of hydrogen-bond acceptors (Lipinski definition) is 4. The zero-order valence-corrected chi connectivity index (χ0v) is 19.0. The molecular weight excluding hydrogens is 412 g/mol. The van der Waals surface area contributed by atoms with Crippen LogP contribution in [0.25, 0.3) is 0 Å². The Morgan fingerprint density at radius 1 is 1.00 bits per heavy atom. The van der Waals surface area contributed by atoms with Crippen molar-refractivity contribution in [1.82, 2.24) is 0 Å². The zero-order chi connectivity index (χ0) is 22.7. The Morgan fingerprint density at radius 3 is 2.19 bits per heavy atom. The van der Waals surface area contributed by atoms with Crippen LogP contribution in [0.4, 0.5) is 10.7 Å². The van der Waals surface area contributed by atoms with E-state index in [2.05, 4.69) is 10.6 Å². The number of rotatable bonds is 6. The lowest BCUT2D eigenvalue weighted by Crippen LogP contribution is -2.36. The van der Waals surface area contributed by atoms with Gasteiger partial charge in [0.1, 0.15) is 5.00 Å². The van der Waals surface area contributed by atoms with E-state index in [-0.39, 0.29) is 17.7 Å². The second-order valence-electron chi connectivity index (χ2n) is 8.38. The smallest absolute Gasteiger partial charge is 0.307 e. The van der Waals surface area contributed by atoms with Crippen molar-refractivity contribution >= 4 is 39.8 Å². The summed E-state index contributed by atoms with van der Waals surface area (Å²) in [6.07, 6.45) is 0.769. The molecule has 1 aliphatic rings. The minimum atomic E-state index is -0.969. The molecule has 1 aromatic carbocycles. The van der Waals surface area contributed by atoms with Gasteiger partial charge in [0.25, 0.3) is 5.91 Å². The molecule has 2 aromatic rings. The predicted molar refractivity (Wildman–Crippen MR) is 124 cm³/mol. The summed E-state index contributed by atoms with van der Waals surface area (Å²) in [5.41, 5.74) is 3.12. The summed E-state index contributed by atoms with van der Waals surface area (Å²) < 4.78 is 0. The highest BCUT2D eigenvalue weighted by atomic mass is 32.1. The Morgan fingerprint density at radius 2 is 1.61 bits per heavy atom. The summed E-state index contributed by atoms with van der Waals surface area (Å²) >= 11 is 1.36. The number of para-hydroxylation sites is 1. The van der Waals surface area contributed by atoms with Crippen LogP contribution in [0, 0.1) is 11.8 Å². The first-order valence-corrected chi connectivity index (χ1v) is 11.2. The molecule has 2 amide bonds. The maximum atomic E-state index is 13.1. The quantitative estimate of drug-likeness (QED) is 0.516. The van der Waals surface area contributed by atoms with Gasteiger partial charge in [-0.25, -0.2) is 0 Å². The van der Waals surface area contributed by atoms with Gasteiger partial charge in [0.15, 0.2) is 0 Å². The maximum Gasteiger partial charge on any atom is 0.307 e. The summed E-state index contributed by atoms with van der Waals surface area (Å²) in [5.74, 6) is -2.89. The summed E-state index contributed by atoms with van der Waals surface area (Å²) in [7, 11) is 0. The number of thiophene rings is 1. The van der Waals surface area contributed by atoms with Gasteiger partial charge in [-0.15, -0.1) is 11.3 Å². The number of anilines is 2. The van der Waals surface area contributed by atoms with E-state index in [1.165, 1.54) is 11.3 Å². The van der Waals surface area contributed by atoms with Crippen LogP contribution in [-0.2, 0) is 9.59 Å². The molecule has 0 bridgehead atoms.